The topological polar surface area (TPSA) is 0 Å². The maximum absolute atomic E-state index is 2.51. The Labute approximate surface area is 224 Å². The number of rotatable bonds is 7. The minimum absolute atomic E-state index is 0. The van der Waals surface area contributed by atoms with Crippen molar-refractivity contribution in [3.8, 4) is 0 Å². The summed E-state index contributed by atoms with van der Waals surface area (Å²) in [6.07, 6.45) is 23.5. The van der Waals surface area contributed by atoms with Gasteiger partial charge in [-0.1, -0.05) is 79.7 Å². The van der Waals surface area contributed by atoms with Crippen LogP contribution in [0.3, 0.4) is 0 Å². The predicted molar refractivity (Wildman–Crippen MR) is 156 cm³/mol. The number of hydrogen-bond acceptors (Lipinski definition) is 0. The molecule has 2 heterocycles. The monoisotopic (exact) mass is 583 g/mol. The van der Waals surface area contributed by atoms with Gasteiger partial charge in [-0.3, -0.25) is 0 Å². The molecule has 0 spiro atoms. The van der Waals surface area contributed by atoms with Crippen molar-refractivity contribution in [2.24, 2.45) is 23.7 Å². The molecule has 2 saturated heterocycles. The van der Waals surface area contributed by atoms with E-state index in [0.717, 1.165) is 46.3 Å². The standard InChI is InChI=1S/C22H44P2.C8H12.Rh/c1-15(2)19-9-10-20(16(3)4)23(19)13-14-24-21(17(5)6)11-12-22(24)18(7)8;1-2-4-6-8-7-5-3-1;/h15-22H,9-14H2,1-8H3;1-2,7-8H,3-6H2;/p+2/b;2-1-,8-7-;/t19-,20-,21-,22-;;/m1../s1. The van der Waals surface area contributed by atoms with Gasteiger partial charge in [0, 0.05) is 35.3 Å². The van der Waals surface area contributed by atoms with Crippen molar-refractivity contribution in [2.75, 3.05) is 12.3 Å². The van der Waals surface area contributed by atoms with Crippen LogP contribution >= 0.6 is 15.8 Å². The molecule has 3 rings (SSSR count). The molecule has 2 fully saturated rings. The van der Waals surface area contributed by atoms with Gasteiger partial charge in [0.25, 0.3) is 0 Å². The molecule has 0 N–H and O–H groups in total. The van der Waals surface area contributed by atoms with E-state index >= 15 is 0 Å². The Morgan fingerprint density at radius 2 is 0.697 bits per heavy atom. The van der Waals surface area contributed by atoms with Crippen molar-refractivity contribution in [1.29, 1.82) is 0 Å². The molecule has 0 aromatic rings. The minimum Gasteiger partial charge on any atom is -0.0882 e. The Bertz CT molecular complexity index is 472. The van der Waals surface area contributed by atoms with Crippen molar-refractivity contribution in [1.82, 2.24) is 0 Å². The van der Waals surface area contributed by atoms with Crippen LogP contribution in [0.5, 0.6) is 0 Å². The summed E-state index contributed by atoms with van der Waals surface area (Å²) in [6, 6.07) is 0. The molecule has 0 unspecified atom stereocenters. The predicted octanol–water partition coefficient (Wildman–Crippen LogP) is 9.77. The molecule has 0 aromatic carbocycles. The Morgan fingerprint density at radius 1 is 0.485 bits per heavy atom. The zero-order valence-electron chi connectivity index (χ0n) is 23.3. The van der Waals surface area contributed by atoms with E-state index in [1.807, 2.05) is 0 Å². The Hall–Kier alpha value is 0.963. The Balaban J connectivity index is 0.000000511. The third-order valence-electron chi connectivity index (χ3n) is 8.74. The fraction of sp³-hybridized carbons (Fsp3) is 0.867. The smallest absolute Gasteiger partial charge is 0.0882 e. The van der Waals surface area contributed by atoms with Crippen LogP contribution in [0.4, 0.5) is 0 Å². The quantitative estimate of drug-likeness (QED) is 0.159. The van der Waals surface area contributed by atoms with Crippen LogP contribution in [0.15, 0.2) is 24.3 Å². The normalized spacial score (nSPS) is 30.8. The molecular formula is C30H58P2Rh+2. The second-order valence-corrected chi connectivity index (χ2v) is 18.6. The summed E-state index contributed by atoms with van der Waals surface area (Å²) in [5.41, 5.74) is 4.45. The van der Waals surface area contributed by atoms with Crippen LogP contribution in [-0.2, 0) is 19.5 Å². The van der Waals surface area contributed by atoms with E-state index in [1.165, 1.54) is 25.7 Å². The third kappa shape index (κ3) is 10.1. The first kappa shape index (κ1) is 32.0. The van der Waals surface area contributed by atoms with Crippen molar-refractivity contribution in [2.45, 2.75) is 129 Å². The molecule has 3 heteroatoms. The van der Waals surface area contributed by atoms with E-state index in [0.29, 0.717) is 0 Å². The largest absolute Gasteiger partial charge is 0.0910 e. The van der Waals surface area contributed by atoms with E-state index in [2.05, 4.69) is 79.7 Å². The van der Waals surface area contributed by atoms with E-state index in [-0.39, 0.29) is 35.3 Å². The second-order valence-electron chi connectivity index (χ2n) is 12.3. The fourth-order valence-corrected chi connectivity index (χ4v) is 17.4. The first-order valence-corrected chi connectivity index (χ1v) is 18.0. The molecule has 0 amide bonds. The van der Waals surface area contributed by atoms with Crippen LogP contribution in [0.25, 0.3) is 0 Å². The zero-order valence-corrected chi connectivity index (χ0v) is 27.0. The van der Waals surface area contributed by atoms with Gasteiger partial charge < -0.3 is 0 Å². The minimum atomic E-state index is -0.147. The fourth-order valence-electron chi connectivity index (χ4n) is 6.94. The second kappa shape index (κ2) is 16.7. The van der Waals surface area contributed by atoms with Gasteiger partial charge >= 0.3 is 0 Å². The van der Waals surface area contributed by atoms with Gasteiger partial charge in [-0.25, -0.2) is 0 Å². The van der Waals surface area contributed by atoms with Crippen molar-refractivity contribution in [3.63, 3.8) is 0 Å². The molecule has 3 aliphatic rings. The summed E-state index contributed by atoms with van der Waals surface area (Å²) in [5, 5.41) is 0. The SMILES string of the molecule is C1=C\CC/C=C\CC/1.CC(C)[C@H]1CC[C@H](C(C)C)[PH+]1CC[PH+]1[C@@H](C(C)C)CC[C@@H]1C(C)C.[Rh]. The summed E-state index contributed by atoms with van der Waals surface area (Å²) in [4.78, 5) is 0. The number of allylic oxidation sites excluding steroid dienone is 4. The first-order chi connectivity index (χ1) is 15.2. The van der Waals surface area contributed by atoms with Crippen molar-refractivity contribution in [3.05, 3.63) is 24.3 Å². The summed E-state index contributed by atoms with van der Waals surface area (Å²) in [6.45, 7) is 20.1. The summed E-state index contributed by atoms with van der Waals surface area (Å²) < 4.78 is 0. The van der Waals surface area contributed by atoms with Gasteiger partial charge in [-0.05, 0) is 75.0 Å². The van der Waals surface area contributed by atoms with Gasteiger partial charge in [0.15, 0.2) is 0 Å². The van der Waals surface area contributed by atoms with E-state index in [4.69, 9.17) is 0 Å². The molecule has 0 nitrogen and oxygen atoms in total. The average molecular weight is 584 g/mol. The summed E-state index contributed by atoms with van der Waals surface area (Å²) >= 11 is 0. The van der Waals surface area contributed by atoms with Gasteiger partial charge in [-0.15, -0.1) is 0 Å². The summed E-state index contributed by atoms with van der Waals surface area (Å²) in [7, 11) is -0.293. The molecule has 0 aromatic heterocycles. The van der Waals surface area contributed by atoms with Crippen LogP contribution in [-0.4, -0.2) is 35.0 Å². The van der Waals surface area contributed by atoms with Crippen LogP contribution in [0.2, 0.25) is 0 Å². The molecule has 1 radical (unpaired) electrons. The third-order valence-corrected chi connectivity index (χ3v) is 18.5. The zero-order chi connectivity index (χ0) is 23.7. The molecule has 33 heavy (non-hydrogen) atoms. The average Bonchev–Trinajstić information content (AvgIpc) is 3.30. The van der Waals surface area contributed by atoms with Gasteiger partial charge in [0.2, 0.25) is 0 Å². The Morgan fingerprint density at radius 3 is 0.879 bits per heavy atom. The van der Waals surface area contributed by atoms with E-state index in [9.17, 15) is 0 Å². The van der Waals surface area contributed by atoms with E-state index < -0.39 is 0 Å². The van der Waals surface area contributed by atoms with Crippen LogP contribution < -0.4 is 0 Å². The van der Waals surface area contributed by atoms with Crippen molar-refractivity contribution < 1.29 is 19.5 Å². The van der Waals surface area contributed by atoms with E-state index in [1.54, 1.807) is 38.0 Å². The maximum Gasteiger partial charge on any atom is 0.0910 e. The Kier molecular flexibility index (Phi) is 16.1. The van der Waals surface area contributed by atoms with Gasteiger partial charge in [0.1, 0.15) is 0 Å². The molecule has 2 aliphatic heterocycles. The van der Waals surface area contributed by atoms with Crippen molar-refractivity contribution >= 4 is 15.8 Å². The molecule has 195 valence electrons. The maximum atomic E-state index is 2.51. The van der Waals surface area contributed by atoms with Crippen LogP contribution in [0.1, 0.15) is 107 Å². The molecular weight excluding hydrogens is 525 g/mol. The number of hydrogen-bond donors (Lipinski definition) is 0. The molecule has 4 atom stereocenters. The van der Waals surface area contributed by atoms with Gasteiger partial charge in [0.05, 0.1) is 35.0 Å². The first-order valence-electron chi connectivity index (χ1n) is 14.2. The molecule has 0 bridgehead atoms. The molecule has 0 saturated carbocycles. The molecule has 1 aliphatic carbocycles. The summed E-state index contributed by atoms with van der Waals surface area (Å²) in [5.74, 6) is 3.74. The van der Waals surface area contributed by atoms with Gasteiger partial charge in [-0.2, -0.15) is 0 Å². The van der Waals surface area contributed by atoms with Crippen LogP contribution in [0, 0.1) is 23.7 Å².